The van der Waals surface area contributed by atoms with Crippen molar-refractivity contribution in [2.75, 3.05) is 0 Å². The third-order valence-corrected chi connectivity index (χ3v) is 1.55. The van der Waals surface area contributed by atoms with Crippen molar-refractivity contribution in [3.8, 4) is 0 Å². The number of alkyl halides is 3. The highest BCUT2D eigenvalue weighted by Crippen LogP contribution is 2.23. The SMILES string of the molecule is CCn1ncnc1C(=O)C(F)(F)Cl. The first-order chi connectivity index (χ1) is 5.96. The van der Waals surface area contributed by atoms with Crippen molar-refractivity contribution in [3.63, 3.8) is 0 Å². The Balaban J connectivity index is 3.02. The van der Waals surface area contributed by atoms with Crippen LogP contribution in [0.2, 0.25) is 0 Å². The van der Waals surface area contributed by atoms with E-state index >= 15 is 0 Å². The van der Waals surface area contributed by atoms with Gasteiger partial charge < -0.3 is 0 Å². The van der Waals surface area contributed by atoms with Gasteiger partial charge in [0.25, 0.3) is 5.78 Å². The molecule has 0 aliphatic carbocycles. The number of halogens is 3. The van der Waals surface area contributed by atoms with E-state index in [9.17, 15) is 13.6 Å². The third-order valence-electron chi connectivity index (χ3n) is 1.38. The Kier molecular flexibility index (Phi) is 2.60. The second-order valence-corrected chi connectivity index (χ2v) is 2.70. The first kappa shape index (κ1) is 10.0. The molecule has 0 atom stereocenters. The molecular weight excluding hydrogens is 204 g/mol. The van der Waals surface area contributed by atoms with Gasteiger partial charge in [-0.25, -0.2) is 9.67 Å². The lowest BCUT2D eigenvalue weighted by Gasteiger charge is -2.05. The molecule has 72 valence electrons. The van der Waals surface area contributed by atoms with Gasteiger partial charge >= 0.3 is 5.38 Å². The summed E-state index contributed by atoms with van der Waals surface area (Å²) in [7, 11) is 0. The molecule has 1 heterocycles. The first-order valence-corrected chi connectivity index (χ1v) is 3.84. The van der Waals surface area contributed by atoms with Crippen molar-refractivity contribution < 1.29 is 13.6 Å². The number of hydrogen-bond acceptors (Lipinski definition) is 3. The molecule has 0 spiro atoms. The number of ketones is 1. The van der Waals surface area contributed by atoms with Crippen molar-refractivity contribution in [1.29, 1.82) is 0 Å². The van der Waals surface area contributed by atoms with E-state index in [-0.39, 0.29) is 6.54 Å². The number of aromatic nitrogens is 3. The summed E-state index contributed by atoms with van der Waals surface area (Å²) in [5.74, 6) is -1.96. The van der Waals surface area contributed by atoms with Gasteiger partial charge in [-0.05, 0) is 18.5 Å². The molecule has 1 rings (SSSR count). The van der Waals surface area contributed by atoms with Crippen LogP contribution >= 0.6 is 11.6 Å². The molecule has 0 aliphatic rings. The van der Waals surface area contributed by atoms with Gasteiger partial charge in [-0.1, -0.05) is 0 Å². The quantitative estimate of drug-likeness (QED) is 0.557. The maximum Gasteiger partial charge on any atom is 0.388 e. The molecule has 7 heteroatoms. The summed E-state index contributed by atoms with van der Waals surface area (Å²) in [5.41, 5.74) is 0. The summed E-state index contributed by atoms with van der Waals surface area (Å²) in [6, 6.07) is 0. The Bertz CT molecular complexity index is 320. The molecule has 0 N–H and O–H groups in total. The molecule has 0 aromatic carbocycles. The second-order valence-electron chi connectivity index (χ2n) is 2.23. The van der Waals surface area contributed by atoms with Crippen molar-refractivity contribution in [1.82, 2.24) is 14.8 Å². The molecule has 0 bridgehead atoms. The van der Waals surface area contributed by atoms with Crippen LogP contribution < -0.4 is 0 Å². The van der Waals surface area contributed by atoms with E-state index in [4.69, 9.17) is 0 Å². The molecule has 0 saturated heterocycles. The van der Waals surface area contributed by atoms with Crippen molar-refractivity contribution in [3.05, 3.63) is 12.2 Å². The Morgan fingerprint density at radius 2 is 2.38 bits per heavy atom. The molecule has 0 amide bonds. The lowest BCUT2D eigenvalue weighted by atomic mass is 10.4. The largest absolute Gasteiger partial charge is 0.388 e. The van der Waals surface area contributed by atoms with Gasteiger partial charge in [0.15, 0.2) is 0 Å². The Morgan fingerprint density at radius 1 is 1.77 bits per heavy atom. The van der Waals surface area contributed by atoms with Gasteiger partial charge in [0, 0.05) is 6.54 Å². The van der Waals surface area contributed by atoms with E-state index in [1.165, 1.54) is 0 Å². The van der Waals surface area contributed by atoms with E-state index in [2.05, 4.69) is 21.7 Å². The van der Waals surface area contributed by atoms with Crippen LogP contribution in [0.25, 0.3) is 0 Å². The fourth-order valence-corrected chi connectivity index (χ4v) is 0.883. The highest BCUT2D eigenvalue weighted by Gasteiger charge is 2.39. The lowest BCUT2D eigenvalue weighted by molar-refractivity contribution is 0.0518. The van der Waals surface area contributed by atoms with E-state index in [1.54, 1.807) is 6.92 Å². The summed E-state index contributed by atoms with van der Waals surface area (Å²) < 4.78 is 25.7. The molecule has 4 nitrogen and oxygen atoms in total. The minimum Gasteiger partial charge on any atom is -0.282 e. The Hall–Kier alpha value is -1.04. The summed E-state index contributed by atoms with van der Waals surface area (Å²) in [4.78, 5) is 14.3. The number of rotatable bonds is 3. The summed E-state index contributed by atoms with van der Waals surface area (Å²) in [6.45, 7) is 1.94. The molecule has 0 aliphatic heterocycles. The number of aryl methyl sites for hydroxylation is 1. The third kappa shape index (κ3) is 2.00. The second kappa shape index (κ2) is 3.37. The highest BCUT2D eigenvalue weighted by atomic mass is 35.5. The van der Waals surface area contributed by atoms with Crippen LogP contribution in [0.3, 0.4) is 0 Å². The van der Waals surface area contributed by atoms with E-state index < -0.39 is 17.0 Å². The number of carbonyl (C=O) groups is 1. The maximum absolute atomic E-state index is 12.3. The summed E-state index contributed by atoms with van der Waals surface area (Å²) >= 11 is 4.54. The minimum atomic E-state index is -3.92. The molecule has 0 radical (unpaired) electrons. The predicted molar refractivity (Wildman–Crippen MR) is 40.8 cm³/mol. The van der Waals surface area contributed by atoms with Gasteiger partial charge in [0.05, 0.1) is 0 Å². The predicted octanol–water partition coefficient (Wildman–Crippen LogP) is 1.31. The number of nitrogens with zero attached hydrogens (tertiary/aromatic N) is 3. The zero-order valence-electron chi connectivity index (χ0n) is 6.67. The minimum absolute atomic E-state index is 0.286. The smallest absolute Gasteiger partial charge is 0.282 e. The molecule has 0 saturated carbocycles. The zero-order chi connectivity index (χ0) is 10.1. The highest BCUT2D eigenvalue weighted by molar-refractivity contribution is 6.34. The van der Waals surface area contributed by atoms with Gasteiger partial charge in [-0.15, -0.1) is 0 Å². The first-order valence-electron chi connectivity index (χ1n) is 3.46. The standard InChI is InChI=1S/C6H6ClF2N3O/c1-2-12-5(10-3-11-12)4(13)6(7,8)9/h3H,2H2,1H3. The normalized spacial score (nSPS) is 11.7. The van der Waals surface area contributed by atoms with Gasteiger partial charge in [-0.2, -0.15) is 13.9 Å². The van der Waals surface area contributed by atoms with Crippen LogP contribution in [-0.4, -0.2) is 25.9 Å². The van der Waals surface area contributed by atoms with Crippen molar-refractivity contribution >= 4 is 17.4 Å². The number of carbonyl (C=O) groups excluding carboxylic acids is 1. The van der Waals surface area contributed by atoms with Crippen LogP contribution in [-0.2, 0) is 6.54 Å². The Labute approximate surface area is 77.5 Å². The average Bonchev–Trinajstić information content (AvgIpc) is 2.48. The van der Waals surface area contributed by atoms with Crippen molar-refractivity contribution in [2.45, 2.75) is 18.9 Å². The van der Waals surface area contributed by atoms with E-state index in [0.717, 1.165) is 11.0 Å². The monoisotopic (exact) mass is 209 g/mol. The zero-order valence-corrected chi connectivity index (χ0v) is 7.42. The van der Waals surface area contributed by atoms with Crippen LogP contribution in [0.4, 0.5) is 8.78 Å². The topological polar surface area (TPSA) is 47.8 Å². The molecule has 13 heavy (non-hydrogen) atoms. The fraction of sp³-hybridized carbons (Fsp3) is 0.500. The fourth-order valence-electron chi connectivity index (χ4n) is 0.798. The molecule has 0 unspecified atom stereocenters. The lowest BCUT2D eigenvalue weighted by Crippen LogP contribution is -2.25. The van der Waals surface area contributed by atoms with Crippen LogP contribution in [0.15, 0.2) is 6.33 Å². The molecular formula is C6H6ClF2N3O. The maximum atomic E-state index is 12.3. The van der Waals surface area contributed by atoms with E-state index in [0.29, 0.717) is 0 Å². The Morgan fingerprint density at radius 3 is 2.85 bits per heavy atom. The van der Waals surface area contributed by atoms with Gasteiger partial charge in [0.2, 0.25) is 5.82 Å². The molecule has 1 aromatic heterocycles. The summed E-state index contributed by atoms with van der Waals surface area (Å²) in [5, 5.41) is -0.355. The average molecular weight is 210 g/mol. The number of Topliss-reactive ketones (excluding diaryl/α,β-unsaturated/α-hetero) is 1. The van der Waals surface area contributed by atoms with Crippen LogP contribution in [0, 0.1) is 0 Å². The number of hydrogen-bond donors (Lipinski definition) is 0. The molecule has 1 aromatic rings. The molecule has 0 fully saturated rings. The van der Waals surface area contributed by atoms with Crippen LogP contribution in [0.1, 0.15) is 17.5 Å². The van der Waals surface area contributed by atoms with Crippen LogP contribution in [0.5, 0.6) is 0 Å². The van der Waals surface area contributed by atoms with E-state index in [1.807, 2.05) is 0 Å². The van der Waals surface area contributed by atoms with Crippen molar-refractivity contribution in [2.24, 2.45) is 0 Å². The van der Waals surface area contributed by atoms with Gasteiger partial charge in [0.1, 0.15) is 6.33 Å². The summed E-state index contributed by atoms with van der Waals surface area (Å²) in [6.07, 6.45) is 1.03. The van der Waals surface area contributed by atoms with Gasteiger partial charge in [-0.3, -0.25) is 4.79 Å².